The Labute approximate surface area is 106 Å². The van der Waals surface area contributed by atoms with Crippen molar-refractivity contribution in [1.29, 1.82) is 0 Å². The zero-order chi connectivity index (χ0) is 12.6. The Morgan fingerprint density at radius 3 is 2.71 bits per heavy atom. The van der Waals surface area contributed by atoms with Crippen LogP contribution in [-0.2, 0) is 4.79 Å². The third-order valence-corrected chi connectivity index (χ3v) is 3.23. The molecule has 2 N–H and O–H groups in total. The number of nitrogens with zero attached hydrogens (tertiary/aromatic N) is 1. The number of benzene rings is 1. The van der Waals surface area contributed by atoms with Gasteiger partial charge in [0.1, 0.15) is 0 Å². The highest BCUT2D eigenvalue weighted by atomic mass is 79.9. The SMILES string of the molecule is O=C(O)c1cccc(Br)c1N1CC(O)CC1=O. The van der Waals surface area contributed by atoms with E-state index in [1.54, 1.807) is 12.1 Å². The molecule has 1 amide bonds. The highest BCUT2D eigenvalue weighted by Gasteiger charge is 2.32. The fourth-order valence-corrected chi connectivity index (χ4v) is 2.45. The fourth-order valence-electron chi connectivity index (χ4n) is 1.87. The summed E-state index contributed by atoms with van der Waals surface area (Å²) in [4.78, 5) is 24.1. The molecule has 1 fully saturated rings. The molecule has 5 nitrogen and oxygen atoms in total. The lowest BCUT2D eigenvalue weighted by Crippen LogP contribution is -2.27. The lowest BCUT2D eigenvalue weighted by molar-refractivity contribution is -0.117. The number of hydrogen-bond donors (Lipinski definition) is 2. The normalized spacial score (nSPS) is 19.8. The zero-order valence-electron chi connectivity index (χ0n) is 8.76. The minimum atomic E-state index is -1.10. The third kappa shape index (κ3) is 2.18. The molecule has 0 aromatic heterocycles. The number of aliphatic hydroxyl groups is 1. The maximum absolute atomic E-state index is 11.7. The van der Waals surface area contributed by atoms with Crippen molar-refractivity contribution in [2.45, 2.75) is 12.5 Å². The van der Waals surface area contributed by atoms with Crippen LogP contribution in [0.4, 0.5) is 5.69 Å². The average Bonchev–Trinajstić information content (AvgIpc) is 2.57. The van der Waals surface area contributed by atoms with Gasteiger partial charge in [0.15, 0.2) is 0 Å². The number of hydrogen-bond acceptors (Lipinski definition) is 3. The summed E-state index contributed by atoms with van der Waals surface area (Å²) in [7, 11) is 0. The van der Waals surface area contributed by atoms with Gasteiger partial charge in [-0.25, -0.2) is 4.79 Å². The minimum Gasteiger partial charge on any atom is -0.478 e. The highest BCUT2D eigenvalue weighted by Crippen LogP contribution is 2.33. The van der Waals surface area contributed by atoms with Crippen LogP contribution in [-0.4, -0.2) is 34.7 Å². The molecule has 0 saturated carbocycles. The van der Waals surface area contributed by atoms with Crippen LogP contribution >= 0.6 is 15.9 Å². The van der Waals surface area contributed by atoms with E-state index in [1.165, 1.54) is 11.0 Å². The highest BCUT2D eigenvalue weighted by molar-refractivity contribution is 9.10. The number of amides is 1. The molecule has 1 aromatic rings. The van der Waals surface area contributed by atoms with Gasteiger partial charge in [-0.1, -0.05) is 6.07 Å². The summed E-state index contributed by atoms with van der Waals surface area (Å²) in [6.07, 6.45) is -0.711. The van der Waals surface area contributed by atoms with Crippen LogP contribution in [0.3, 0.4) is 0 Å². The van der Waals surface area contributed by atoms with Gasteiger partial charge in [0, 0.05) is 4.47 Å². The Kier molecular flexibility index (Phi) is 3.17. The van der Waals surface area contributed by atoms with E-state index in [0.717, 1.165) is 0 Å². The van der Waals surface area contributed by atoms with Gasteiger partial charge >= 0.3 is 5.97 Å². The van der Waals surface area contributed by atoms with Crippen molar-refractivity contribution in [1.82, 2.24) is 0 Å². The Bertz CT molecular complexity index is 488. The van der Waals surface area contributed by atoms with Crippen molar-refractivity contribution in [3.8, 4) is 0 Å². The van der Waals surface area contributed by atoms with Crippen molar-refractivity contribution in [2.24, 2.45) is 0 Å². The molecule has 6 heteroatoms. The molecule has 17 heavy (non-hydrogen) atoms. The molecule has 90 valence electrons. The van der Waals surface area contributed by atoms with E-state index in [0.29, 0.717) is 10.2 Å². The predicted molar refractivity (Wildman–Crippen MR) is 64.1 cm³/mol. The molecule has 1 saturated heterocycles. The smallest absolute Gasteiger partial charge is 0.337 e. The molecule has 0 aliphatic carbocycles. The Balaban J connectivity index is 2.51. The summed E-state index contributed by atoms with van der Waals surface area (Å²) in [5, 5.41) is 18.5. The summed E-state index contributed by atoms with van der Waals surface area (Å²) in [6.45, 7) is 0.127. The van der Waals surface area contributed by atoms with Crippen LogP contribution in [0.25, 0.3) is 0 Å². The summed E-state index contributed by atoms with van der Waals surface area (Å²) in [6, 6.07) is 4.69. The number of anilines is 1. The number of aliphatic hydroxyl groups excluding tert-OH is 1. The molecule has 0 radical (unpaired) electrons. The second-order valence-electron chi connectivity index (χ2n) is 3.80. The number of halogens is 1. The van der Waals surface area contributed by atoms with Crippen LogP contribution in [0.2, 0.25) is 0 Å². The topological polar surface area (TPSA) is 77.8 Å². The first-order chi connectivity index (χ1) is 8.00. The number of carbonyl (C=O) groups is 2. The quantitative estimate of drug-likeness (QED) is 0.861. The van der Waals surface area contributed by atoms with Gasteiger partial charge in [0.2, 0.25) is 5.91 Å². The zero-order valence-corrected chi connectivity index (χ0v) is 10.3. The Morgan fingerprint density at radius 1 is 1.47 bits per heavy atom. The summed E-state index contributed by atoms with van der Waals surface area (Å²) in [5.41, 5.74) is 0.350. The number of aromatic carboxylic acids is 1. The van der Waals surface area contributed by atoms with E-state index < -0.39 is 12.1 Å². The average molecular weight is 300 g/mol. The standard InChI is InChI=1S/C11H10BrNO4/c12-8-3-1-2-7(11(16)17)10(8)13-5-6(14)4-9(13)15/h1-3,6,14H,4-5H2,(H,16,17). The number of rotatable bonds is 2. The van der Waals surface area contributed by atoms with Gasteiger partial charge < -0.3 is 15.1 Å². The van der Waals surface area contributed by atoms with Crippen molar-refractivity contribution >= 4 is 33.5 Å². The molecular formula is C11H10BrNO4. The van der Waals surface area contributed by atoms with Crippen LogP contribution in [0.1, 0.15) is 16.8 Å². The van der Waals surface area contributed by atoms with Crippen LogP contribution < -0.4 is 4.90 Å². The minimum absolute atomic E-state index is 0.0282. The molecule has 1 heterocycles. The largest absolute Gasteiger partial charge is 0.478 e. The van der Waals surface area contributed by atoms with Gasteiger partial charge in [0.25, 0.3) is 0 Å². The first-order valence-electron chi connectivity index (χ1n) is 5.01. The number of carboxylic acids is 1. The number of carboxylic acid groups (broad SMARTS) is 1. The van der Waals surface area contributed by atoms with Gasteiger partial charge in [0.05, 0.1) is 30.3 Å². The van der Waals surface area contributed by atoms with Crippen molar-refractivity contribution in [3.63, 3.8) is 0 Å². The first-order valence-corrected chi connectivity index (χ1v) is 5.80. The predicted octanol–water partition coefficient (Wildman–Crippen LogP) is 1.24. The number of para-hydroxylation sites is 1. The van der Waals surface area contributed by atoms with Crippen molar-refractivity contribution in [3.05, 3.63) is 28.2 Å². The maximum atomic E-state index is 11.7. The summed E-state index contributed by atoms with van der Waals surface area (Å²) >= 11 is 3.23. The van der Waals surface area contributed by atoms with Crippen LogP contribution in [0, 0.1) is 0 Å². The Hall–Kier alpha value is -1.40. The lowest BCUT2D eigenvalue weighted by Gasteiger charge is -2.19. The molecule has 1 atom stereocenters. The Morgan fingerprint density at radius 2 is 2.18 bits per heavy atom. The molecule has 0 spiro atoms. The van der Waals surface area contributed by atoms with Crippen molar-refractivity contribution in [2.75, 3.05) is 11.4 Å². The van der Waals surface area contributed by atoms with Crippen LogP contribution in [0.5, 0.6) is 0 Å². The molecule has 0 bridgehead atoms. The summed E-state index contributed by atoms with van der Waals surface area (Å²) in [5.74, 6) is -1.37. The first kappa shape index (κ1) is 12.1. The van der Waals surface area contributed by atoms with E-state index >= 15 is 0 Å². The molecule has 1 unspecified atom stereocenters. The van der Waals surface area contributed by atoms with E-state index in [1.807, 2.05) is 0 Å². The van der Waals surface area contributed by atoms with E-state index in [2.05, 4.69) is 15.9 Å². The number of carbonyl (C=O) groups excluding carboxylic acids is 1. The molecule has 2 rings (SSSR count). The van der Waals surface area contributed by atoms with Gasteiger partial charge in [-0.3, -0.25) is 4.79 Å². The van der Waals surface area contributed by atoms with Crippen LogP contribution in [0.15, 0.2) is 22.7 Å². The lowest BCUT2D eigenvalue weighted by atomic mass is 10.1. The fraction of sp³-hybridized carbons (Fsp3) is 0.273. The van der Waals surface area contributed by atoms with Gasteiger partial charge in [-0.2, -0.15) is 0 Å². The molecular weight excluding hydrogens is 290 g/mol. The summed E-state index contributed by atoms with van der Waals surface area (Å²) < 4.78 is 0.528. The molecule has 1 aliphatic heterocycles. The monoisotopic (exact) mass is 299 g/mol. The second-order valence-corrected chi connectivity index (χ2v) is 4.66. The van der Waals surface area contributed by atoms with Gasteiger partial charge in [-0.15, -0.1) is 0 Å². The van der Waals surface area contributed by atoms with E-state index in [-0.39, 0.29) is 24.4 Å². The second kappa shape index (κ2) is 4.46. The van der Waals surface area contributed by atoms with Crippen molar-refractivity contribution < 1.29 is 19.8 Å². The van der Waals surface area contributed by atoms with E-state index in [4.69, 9.17) is 5.11 Å². The maximum Gasteiger partial charge on any atom is 0.337 e. The van der Waals surface area contributed by atoms with E-state index in [9.17, 15) is 14.7 Å². The van der Waals surface area contributed by atoms with Gasteiger partial charge in [-0.05, 0) is 28.1 Å². The third-order valence-electron chi connectivity index (χ3n) is 2.59. The molecule has 1 aromatic carbocycles. The number of β-amino-alcohol motifs (C(OH)–C–C–N with tert-alkyl or cyclic N) is 1. The molecule has 1 aliphatic rings.